The number of aryl methyl sites for hydroxylation is 1. The second-order valence-electron chi connectivity index (χ2n) is 11.0. The van der Waals surface area contributed by atoms with Crippen LogP contribution in [0.1, 0.15) is 55.3 Å². The van der Waals surface area contributed by atoms with E-state index in [1.807, 2.05) is 23.9 Å². The van der Waals surface area contributed by atoms with Crippen molar-refractivity contribution in [1.82, 2.24) is 20.2 Å². The summed E-state index contributed by atoms with van der Waals surface area (Å²) in [6.07, 6.45) is 1.41. The number of benzene rings is 1. The minimum Gasteiger partial charge on any atom is -0.381 e. The first-order chi connectivity index (χ1) is 18.6. The Balaban J connectivity index is 1.45. The van der Waals surface area contributed by atoms with Crippen molar-refractivity contribution in [2.75, 3.05) is 45.3 Å². The van der Waals surface area contributed by atoms with Crippen molar-refractivity contribution in [3.63, 3.8) is 0 Å². The monoisotopic (exact) mass is 551 g/mol. The number of ether oxygens (including phenoxy) is 1. The van der Waals surface area contributed by atoms with E-state index in [-0.39, 0.29) is 35.4 Å². The molecule has 1 aliphatic heterocycles. The Kier molecular flexibility index (Phi) is 9.43. The Bertz CT molecular complexity index is 1100. The van der Waals surface area contributed by atoms with Gasteiger partial charge in [0.1, 0.15) is 6.33 Å². The predicted molar refractivity (Wildman–Crippen MR) is 140 cm³/mol. The summed E-state index contributed by atoms with van der Waals surface area (Å²) in [6.45, 7) is 2.69. The van der Waals surface area contributed by atoms with Crippen LogP contribution in [-0.4, -0.2) is 67.2 Å². The third-order valence-corrected chi connectivity index (χ3v) is 7.60. The molecule has 1 aromatic carbocycles. The number of amides is 1. The molecule has 7 nitrogen and oxygen atoms in total. The second-order valence-corrected chi connectivity index (χ2v) is 11.0. The summed E-state index contributed by atoms with van der Waals surface area (Å²) in [5.74, 6) is -0.349. The standard InChI is InChI=1S/C28H37F4N5O2/c1-36(2)14-13-33-24(38)17-27(11-15-39-16-12-27)10-9-23-25(29)26(35-19-34-23)37(22-7-8-22)18-20-3-5-21(6-4-20)28(30,31)32/h3-6,19,22H,7-18H2,1-2H3,(H,33,38). The van der Waals surface area contributed by atoms with Gasteiger partial charge < -0.3 is 19.9 Å². The van der Waals surface area contributed by atoms with E-state index in [0.29, 0.717) is 44.6 Å². The van der Waals surface area contributed by atoms with Gasteiger partial charge in [0.2, 0.25) is 5.91 Å². The number of rotatable bonds is 12. The third-order valence-electron chi connectivity index (χ3n) is 7.60. The lowest BCUT2D eigenvalue weighted by Gasteiger charge is -2.37. The van der Waals surface area contributed by atoms with Gasteiger partial charge in [-0.25, -0.2) is 14.4 Å². The number of hydrogen-bond donors (Lipinski definition) is 1. The van der Waals surface area contributed by atoms with Crippen molar-refractivity contribution in [2.45, 2.75) is 63.7 Å². The summed E-state index contributed by atoms with van der Waals surface area (Å²) >= 11 is 0. The summed E-state index contributed by atoms with van der Waals surface area (Å²) in [5, 5.41) is 2.98. The highest BCUT2D eigenvalue weighted by Crippen LogP contribution is 2.40. The lowest BCUT2D eigenvalue weighted by atomic mass is 9.73. The van der Waals surface area contributed by atoms with Gasteiger partial charge in [0.05, 0.1) is 11.3 Å². The number of carbonyl (C=O) groups is 1. The van der Waals surface area contributed by atoms with E-state index in [0.717, 1.165) is 44.4 Å². The van der Waals surface area contributed by atoms with E-state index in [1.54, 1.807) is 0 Å². The molecule has 1 aromatic heterocycles. The van der Waals surface area contributed by atoms with Gasteiger partial charge in [-0.2, -0.15) is 13.2 Å². The number of halogens is 4. The molecule has 1 aliphatic carbocycles. The molecule has 1 N–H and O–H groups in total. The van der Waals surface area contributed by atoms with Gasteiger partial charge in [-0.3, -0.25) is 4.79 Å². The van der Waals surface area contributed by atoms with Gasteiger partial charge in [0.15, 0.2) is 11.6 Å². The Morgan fingerprint density at radius 2 is 1.82 bits per heavy atom. The third kappa shape index (κ3) is 8.11. The molecule has 0 atom stereocenters. The number of alkyl halides is 3. The summed E-state index contributed by atoms with van der Waals surface area (Å²) < 4.78 is 60.2. The number of nitrogens with one attached hydrogen (secondary N) is 1. The van der Waals surface area contributed by atoms with Crippen LogP contribution < -0.4 is 10.2 Å². The molecule has 39 heavy (non-hydrogen) atoms. The number of likely N-dealkylation sites (N-methyl/N-ethyl adjacent to an activating group) is 1. The topological polar surface area (TPSA) is 70.6 Å². The van der Waals surface area contributed by atoms with Gasteiger partial charge in [-0.05, 0) is 75.7 Å². The maximum Gasteiger partial charge on any atom is 0.416 e. The number of anilines is 1. The SMILES string of the molecule is CN(C)CCNC(=O)CC1(CCc2ncnc(N(Cc3ccc(C(F)(F)F)cc3)C3CC3)c2F)CCOCC1. The van der Waals surface area contributed by atoms with Crippen LogP contribution in [0, 0.1) is 11.2 Å². The summed E-state index contributed by atoms with van der Waals surface area (Å²) in [6, 6.07) is 5.03. The zero-order valence-corrected chi connectivity index (χ0v) is 22.6. The zero-order chi connectivity index (χ0) is 28.0. The zero-order valence-electron chi connectivity index (χ0n) is 22.6. The predicted octanol–water partition coefficient (Wildman–Crippen LogP) is 4.60. The van der Waals surface area contributed by atoms with E-state index in [2.05, 4.69) is 15.3 Å². The average Bonchev–Trinajstić information content (AvgIpc) is 3.72. The maximum atomic E-state index is 15.8. The van der Waals surface area contributed by atoms with Crippen LogP contribution >= 0.6 is 0 Å². The highest BCUT2D eigenvalue weighted by molar-refractivity contribution is 5.76. The van der Waals surface area contributed by atoms with Crippen molar-refractivity contribution in [3.8, 4) is 0 Å². The fourth-order valence-corrected chi connectivity index (χ4v) is 5.05. The molecule has 1 amide bonds. The van der Waals surface area contributed by atoms with Crippen molar-refractivity contribution < 1.29 is 27.1 Å². The van der Waals surface area contributed by atoms with Gasteiger partial charge >= 0.3 is 6.18 Å². The second kappa shape index (κ2) is 12.6. The van der Waals surface area contributed by atoms with Gasteiger partial charge in [-0.15, -0.1) is 0 Å². The van der Waals surface area contributed by atoms with E-state index in [1.165, 1.54) is 18.5 Å². The fraction of sp³-hybridized carbons (Fsp3) is 0.607. The van der Waals surface area contributed by atoms with Crippen molar-refractivity contribution >= 4 is 11.7 Å². The lowest BCUT2D eigenvalue weighted by Crippen LogP contribution is -2.38. The number of carbonyl (C=O) groups excluding carboxylic acids is 1. The molecule has 0 radical (unpaired) electrons. The minimum absolute atomic E-state index is 0.0148. The Labute approximate surface area is 226 Å². The van der Waals surface area contributed by atoms with Crippen molar-refractivity contribution in [3.05, 3.63) is 53.2 Å². The van der Waals surface area contributed by atoms with Crippen LogP contribution in [0.25, 0.3) is 0 Å². The van der Waals surface area contributed by atoms with E-state index in [9.17, 15) is 18.0 Å². The van der Waals surface area contributed by atoms with E-state index in [4.69, 9.17) is 4.74 Å². The summed E-state index contributed by atoms with van der Waals surface area (Å²) in [5.41, 5.74) is -0.0741. The number of hydrogen-bond acceptors (Lipinski definition) is 6. The molecular weight excluding hydrogens is 514 g/mol. The molecule has 0 bridgehead atoms. The van der Waals surface area contributed by atoms with Crippen molar-refractivity contribution in [2.24, 2.45) is 5.41 Å². The Morgan fingerprint density at radius 3 is 2.44 bits per heavy atom. The highest BCUT2D eigenvalue weighted by Gasteiger charge is 2.36. The quantitative estimate of drug-likeness (QED) is 0.389. The Hall–Kier alpha value is -2.79. The van der Waals surface area contributed by atoms with Crippen LogP contribution in [0.3, 0.4) is 0 Å². The smallest absolute Gasteiger partial charge is 0.381 e. The summed E-state index contributed by atoms with van der Waals surface area (Å²) in [7, 11) is 3.90. The molecule has 4 rings (SSSR count). The lowest BCUT2D eigenvalue weighted by molar-refractivity contribution is -0.137. The van der Waals surface area contributed by atoms with Crippen LogP contribution in [0.15, 0.2) is 30.6 Å². The average molecular weight is 552 g/mol. The minimum atomic E-state index is -4.41. The van der Waals surface area contributed by atoms with E-state index < -0.39 is 17.6 Å². The summed E-state index contributed by atoms with van der Waals surface area (Å²) in [4.78, 5) is 25.0. The van der Waals surface area contributed by atoms with E-state index >= 15 is 4.39 Å². The van der Waals surface area contributed by atoms with Gasteiger partial charge in [0, 0.05) is 45.3 Å². The molecule has 0 unspecified atom stereocenters. The van der Waals surface area contributed by atoms with Crippen LogP contribution in [0.2, 0.25) is 0 Å². The number of nitrogens with zero attached hydrogens (tertiary/aromatic N) is 4. The molecule has 2 aliphatic rings. The molecule has 2 fully saturated rings. The van der Waals surface area contributed by atoms with Crippen LogP contribution in [0.4, 0.5) is 23.4 Å². The number of aromatic nitrogens is 2. The van der Waals surface area contributed by atoms with Gasteiger partial charge in [0.25, 0.3) is 0 Å². The highest BCUT2D eigenvalue weighted by atomic mass is 19.4. The first-order valence-electron chi connectivity index (χ1n) is 13.5. The molecule has 214 valence electrons. The molecule has 0 spiro atoms. The van der Waals surface area contributed by atoms with Crippen LogP contribution in [-0.2, 0) is 28.7 Å². The van der Waals surface area contributed by atoms with Crippen molar-refractivity contribution in [1.29, 1.82) is 0 Å². The maximum absolute atomic E-state index is 15.8. The first kappa shape index (κ1) is 29.2. The fourth-order valence-electron chi connectivity index (χ4n) is 5.05. The molecule has 2 aromatic rings. The first-order valence-corrected chi connectivity index (χ1v) is 13.5. The van der Waals surface area contributed by atoms with Crippen LogP contribution in [0.5, 0.6) is 0 Å². The molecule has 1 saturated heterocycles. The Morgan fingerprint density at radius 1 is 1.13 bits per heavy atom. The normalized spacial score (nSPS) is 17.3. The largest absolute Gasteiger partial charge is 0.416 e. The molecular formula is C28H37F4N5O2. The molecule has 2 heterocycles. The molecule has 11 heteroatoms. The molecule has 1 saturated carbocycles. The van der Waals surface area contributed by atoms with Gasteiger partial charge in [-0.1, -0.05) is 12.1 Å².